The summed E-state index contributed by atoms with van der Waals surface area (Å²) in [5.74, 6) is 0.209. The van der Waals surface area contributed by atoms with E-state index in [0.29, 0.717) is 13.2 Å². The fraction of sp³-hybridized carbons (Fsp3) is 0.933. The van der Waals surface area contributed by atoms with Gasteiger partial charge in [-0.15, -0.1) is 0 Å². The van der Waals surface area contributed by atoms with Crippen molar-refractivity contribution in [2.24, 2.45) is 5.41 Å². The molecule has 112 valence electrons. The molecule has 0 aliphatic carbocycles. The molecule has 1 heterocycles. The van der Waals surface area contributed by atoms with Crippen LogP contribution in [0.2, 0.25) is 0 Å². The molecule has 19 heavy (non-hydrogen) atoms. The Morgan fingerprint density at radius 1 is 1.32 bits per heavy atom. The summed E-state index contributed by atoms with van der Waals surface area (Å²) in [5, 5.41) is 6.42. The van der Waals surface area contributed by atoms with Crippen LogP contribution in [0.15, 0.2) is 0 Å². The standard InChI is InChI=1S/C15H30N2O2/c1-3-5-11-19-12-10-17-14(18)15(7-4-2)8-6-9-16-13-15/h16H,3-13H2,1-2H3,(H,17,18). The van der Waals surface area contributed by atoms with Crippen LogP contribution in [0, 0.1) is 5.41 Å². The van der Waals surface area contributed by atoms with E-state index in [1.807, 2.05) is 0 Å². The first-order chi connectivity index (χ1) is 9.25. The molecule has 0 spiro atoms. The Morgan fingerprint density at radius 3 is 2.79 bits per heavy atom. The molecule has 0 aromatic heterocycles. The van der Waals surface area contributed by atoms with Crippen LogP contribution < -0.4 is 10.6 Å². The number of nitrogens with one attached hydrogen (secondary N) is 2. The van der Waals surface area contributed by atoms with Crippen molar-refractivity contribution in [3.8, 4) is 0 Å². The molecule has 1 saturated heterocycles. The highest BCUT2D eigenvalue weighted by Gasteiger charge is 2.38. The molecule has 1 fully saturated rings. The molecule has 0 bridgehead atoms. The molecular formula is C15H30N2O2. The molecule has 1 unspecified atom stereocenters. The van der Waals surface area contributed by atoms with Crippen LogP contribution in [-0.2, 0) is 9.53 Å². The second-order valence-electron chi connectivity index (χ2n) is 5.53. The van der Waals surface area contributed by atoms with E-state index >= 15 is 0 Å². The van der Waals surface area contributed by atoms with E-state index in [2.05, 4.69) is 24.5 Å². The molecule has 0 aromatic rings. The predicted molar refractivity (Wildman–Crippen MR) is 78.2 cm³/mol. The number of hydrogen-bond donors (Lipinski definition) is 2. The van der Waals surface area contributed by atoms with Gasteiger partial charge < -0.3 is 15.4 Å². The topological polar surface area (TPSA) is 50.4 Å². The molecule has 2 N–H and O–H groups in total. The second kappa shape index (κ2) is 9.32. The zero-order valence-electron chi connectivity index (χ0n) is 12.6. The molecule has 4 heteroatoms. The third kappa shape index (κ3) is 5.49. The van der Waals surface area contributed by atoms with Gasteiger partial charge in [0.2, 0.25) is 5.91 Å². The maximum atomic E-state index is 12.4. The van der Waals surface area contributed by atoms with Gasteiger partial charge in [0, 0.05) is 19.7 Å². The molecule has 1 atom stereocenters. The van der Waals surface area contributed by atoms with Crippen LogP contribution in [-0.4, -0.2) is 38.8 Å². The molecule has 1 aliphatic heterocycles. The van der Waals surface area contributed by atoms with Crippen molar-refractivity contribution in [3.05, 3.63) is 0 Å². The van der Waals surface area contributed by atoms with Gasteiger partial charge in [0.05, 0.1) is 12.0 Å². The number of piperidine rings is 1. The van der Waals surface area contributed by atoms with Crippen LogP contribution in [0.5, 0.6) is 0 Å². The van der Waals surface area contributed by atoms with E-state index in [9.17, 15) is 4.79 Å². The summed E-state index contributed by atoms with van der Waals surface area (Å²) in [6.45, 7) is 8.22. The molecule has 0 saturated carbocycles. The molecule has 0 aromatic carbocycles. The lowest BCUT2D eigenvalue weighted by Gasteiger charge is -2.36. The van der Waals surface area contributed by atoms with Crippen LogP contribution in [0.1, 0.15) is 52.4 Å². The third-order valence-corrected chi connectivity index (χ3v) is 3.86. The van der Waals surface area contributed by atoms with E-state index in [1.165, 1.54) is 0 Å². The summed E-state index contributed by atoms with van der Waals surface area (Å²) in [7, 11) is 0. The summed E-state index contributed by atoms with van der Waals surface area (Å²) in [5.41, 5.74) is -0.184. The van der Waals surface area contributed by atoms with Crippen LogP contribution in [0.25, 0.3) is 0 Å². The molecule has 1 aliphatic rings. The molecule has 1 rings (SSSR count). The number of unbranched alkanes of at least 4 members (excludes halogenated alkanes) is 1. The van der Waals surface area contributed by atoms with Crippen LogP contribution in [0.4, 0.5) is 0 Å². The Morgan fingerprint density at radius 2 is 2.16 bits per heavy atom. The fourth-order valence-electron chi connectivity index (χ4n) is 2.74. The maximum Gasteiger partial charge on any atom is 0.227 e. The minimum atomic E-state index is -0.184. The summed E-state index contributed by atoms with van der Waals surface area (Å²) in [4.78, 5) is 12.4. The van der Waals surface area contributed by atoms with E-state index in [4.69, 9.17) is 4.74 Å². The quantitative estimate of drug-likeness (QED) is 0.631. The summed E-state index contributed by atoms with van der Waals surface area (Å²) < 4.78 is 5.47. The molecule has 1 amide bonds. The first kappa shape index (κ1) is 16.4. The average Bonchev–Trinajstić information content (AvgIpc) is 2.44. The van der Waals surface area contributed by atoms with Gasteiger partial charge in [0.15, 0.2) is 0 Å². The largest absolute Gasteiger partial charge is 0.380 e. The van der Waals surface area contributed by atoms with Gasteiger partial charge in [-0.1, -0.05) is 26.7 Å². The van der Waals surface area contributed by atoms with Gasteiger partial charge in [0.1, 0.15) is 0 Å². The Hall–Kier alpha value is -0.610. The van der Waals surface area contributed by atoms with Crippen molar-refractivity contribution in [1.82, 2.24) is 10.6 Å². The van der Waals surface area contributed by atoms with Crippen molar-refractivity contribution in [2.75, 3.05) is 32.8 Å². The predicted octanol–water partition coefficient (Wildman–Crippen LogP) is 2.09. The van der Waals surface area contributed by atoms with E-state index in [-0.39, 0.29) is 11.3 Å². The summed E-state index contributed by atoms with van der Waals surface area (Å²) >= 11 is 0. The van der Waals surface area contributed by atoms with E-state index < -0.39 is 0 Å². The molecule has 0 radical (unpaired) electrons. The number of ether oxygens (including phenoxy) is 1. The van der Waals surface area contributed by atoms with Gasteiger partial charge >= 0.3 is 0 Å². The number of carbonyl (C=O) groups excluding carboxylic acids is 1. The monoisotopic (exact) mass is 270 g/mol. The average molecular weight is 270 g/mol. The lowest BCUT2D eigenvalue weighted by Crippen LogP contribution is -2.51. The first-order valence-corrected chi connectivity index (χ1v) is 7.82. The highest BCUT2D eigenvalue weighted by atomic mass is 16.5. The van der Waals surface area contributed by atoms with Gasteiger partial charge in [-0.25, -0.2) is 0 Å². The number of rotatable bonds is 9. The molecular weight excluding hydrogens is 240 g/mol. The highest BCUT2D eigenvalue weighted by Crippen LogP contribution is 2.31. The molecule has 4 nitrogen and oxygen atoms in total. The van der Waals surface area contributed by atoms with Crippen molar-refractivity contribution in [1.29, 1.82) is 0 Å². The number of amides is 1. The number of carbonyl (C=O) groups is 1. The highest BCUT2D eigenvalue weighted by molar-refractivity contribution is 5.83. The lowest BCUT2D eigenvalue weighted by atomic mass is 9.76. The van der Waals surface area contributed by atoms with Gasteiger partial charge in [-0.2, -0.15) is 0 Å². The zero-order valence-corrected chi connectivity index (χ0v) is 12.6. The Bertz CT molecular complexity index is 245. The lowest BCUT2D eigenvalue weighted by molar-refractivity contribution is -0.132. The van der Waals surface area contributed by atoms with Crippen molar-refractivity contribution >= 4 is 5.91 Å². The van der Waals surface area contributed by atoms with Crippen molar-refractivity contribution in [3.63, 3.8) is 0 Å². The maximum absolute atomic E-state index is 12.4. The van der Waals surface area contributed by atoms with Gasteiger partial charge in [0.25, 0.3) is 0 Å². The Balaban J connectivity index is 2.28. The zero-order chi connectivity index (χ0) is 14.0. The fourth-order valence-corrected chi connectivity index (χ4v) is 2.74. The van der Waals surface area contributed by atoms with Crippen molar-refractivity contribution < 1.29 is 9.53 Å². The SMILES string of the molecule is CCCCOCCNC(=O)C1(CCC)CCCNC1. The first-order valence-electron chi connectivity index (χ1n) is 7.82. The Kier molecular flexibility index (Phi) is 8.07. The van der Waals surface area contributed by atoms with Gasteiger partial charge in [-0.05, 0) is 32.2 Å². The van der Waals surface area contributed by atoms with Crippen molar-refractivity contribution in [2.45, 2.75) is 52.4 Å². The van der Waals surface area contributed by atoms with E-state index in [1.54, 1.807) is 0 Å². The minimum absolute atomic E-state index is 0.184. The van der Waals surface area contributed by atoms with Crippen LogP contribution >= 0.6 is 0 Å². The minimum Gasteiger partial charge on any atom is -0.380 e. The van der Waals surface area contributed by atoms with E-state index in [0.717, 1.165) is 58.2 Å². The normalized spacial score (nSPS) is 23.3. The smallest absolute Gasteiger partial charge is 0.227 e. The summed E-state index contributed by atoms with van der Waals surface area (Å²) in [6, 6.07) is 0. The second-order valence-corrected chi connectivity index (χ2v) is 5.53. The van der Waals surface area contributed by atoms with Gasteiger partial charge in [-0.3, -0.25) is 4.79 Å². The third-order valence-electron chi connectivity index (χ3n) is 3.86. The van der Waals surface area contributed by atoms with Crippen LogP contribution in [0.3, 0.4) is 0 Å². The Labute approximate surface area is 117 Å². The number of hydrogen-bond acceptors (Lipinski definition) is 3. The summed E-state index contributed by atoms with van der Waals surface area (Å²) in [6.07, 6.45) is 6.39.